The molecule has 1 saturated heterocycles. The highest BCUT2D eigenvalue weighted by molar-refractivity contribution is 6.51. The van der Waals surface area contributed by atoms with Crippen LogP contribution in [0.3, 0.4) is 0 Å². The van der Waals surface area contributed by atoms with E-state index in [9.17, 15) is 19.1 Å². The Bertz CT molecular complexity index is 1250. The van der Waals surface area contributed by atoms with E-state index in [1.165, 1.54) is 29.2 Å². The lowest BCUT2D eigenvalue weighted by atomic mass is 9.94. The lowest BCUT2D eigenvalue weighted by Gasteiger charge is -2.26. The van der Waals surface area contributed by atoms with E-state index >= 15 is 0 Å². The normalized spacial score (nSPS) is 17.4. The van der Waals surface area contributed by atoms with Gasteiger partial charge in [0.15, 0.2) is 0 Å². The van der Waals surface area contributed by atoms with Crippen LogP contribution in [0.4, 0.5) is 10.1 Å². The Morgan fingerprint density at radius 3 is 2.32 bits per heavy atom. The molecule has 1 aliphatic rings. The Labute approximate surface area is 198 Å². The molecule has 0 aliphatic carbocycles. The van der Waals surface area contributed by atoms with Crippen molar-refractivity contribution in [1.82, 2.24) is 0 Å². The van der Waals surface area contributed by atoms with Gasteiger partial charge in [0, 0.05) is 11.3 Å². The van der Waals surface area contributed by atoms with Gasteiger partial charge in [0.2, 0.25) is 0 Å². The Morgan fingerprint density at radius 1 is 1.03 bits per heavy atom. The summed E-state index contributed by atoms with van der Waals surface area (Å²) in [6.07, 6.45) is 0. The Hall–Kier alpha value is -3.93. The number of hydrogen-bond acceptors (Lipinski definition) is 4. The lowest BCUT2D eigenvalue weighted by Crippen LogP contribution is -2.29. The summed E-state index contributed by atoms with van der Waals surface area (Å²) in [6.45, 7) is 6.46. The molecule has 0 radical (unpaired) electrons. The quantitative estimate of drug-likeness (QED) is 0.280. The second kappa shape index (κ2) is 9.51. The van der Waals surface area contributed by atoms with E-state index < -0.39 is 23.5 Å². The number of ketones is 1. The highest BCUT2D eigenvalue weighted by atomic mass is 19.1. The summed E-state index contributed by atoms with van der Waals surface area (Å²) in [5.74, 6) is -1.48. The van der Waals surface area contributed by atoms with Crippen LogP contribution in [0.5, 0.6) is 5.75 Å². The van der Waals surface area contributed by atoms with Crippen LogP contribution in [0.1, 0.15) is 49.4 Å². The zero-order valence-corrected chi connectivity index (χ0v) is 19.3. The number of ether oxygens (including phenoxy) is 1. The predicted molar refractivity (Wildman–Crippen MR) is 129 cm³/mol. The zero-order valence-electron chi connectivity index (χ0n) is 19.3. The molecule has 4 rings (SSSR count). The van der Waals surface area contributed by atoms with Gasteiger partial charge in [-0.15, -0.1) is 0 Å². The summed E-state index contributed by atoms with van der Waals surface area (Å²) >= 11 is 0. The molecule has 3 aromatic carbocycles. The molecule has 0 aromatic heterocycles. The van der Waals surface area contributed by atoms with Crippen LogP contribution in [0.2, 0.25) is 0 Å². The number of aliphatic hydroxyl groups excluding tert-OH is 1. The van der Waals surface area contributed by atoms with Gasteiger partial charge in [0.1, 0.15) is 17.3 Å². The van der Waals surface area contributed by atoms with E-state index in [1.54, 1.807) is 36.4 Å². The van der Waals surface area contributed by atoms with Crippen molar-refractivity contribution in [3.8, 4) is 5.75 Å². The summed E-state index contributed by atoms with van der Waals surface area (Å²) in [6, 6.07) is 18.8. The first-order chi connectivity index (χ1) is 16.3. The highest BCUT2D eigenvalue weighted by Gasteiger charge is 2.47. The fourth-order valence-corrected chi connectivity index (χ4v) is 4.14. The summed E-state index contributed by atoms with van der Waals surface area (Å²) in [7, 11) is 0. The van der Waals surface area contributed by atoms with E-state index in [1.807, 2.05) is 19.1 Å². The largest absolute Gasteiger partial charge is 0.507 e. The van der Waals surface area contributed by atoms with Gasteiger partial charge in [-0.3, -0.25) is 14.5 Å². The highest BCUT2D eigenvalue weighted by Crippen LogP contribution is 2.43. The van der Waals surface area contributed by atoms with Crippen molar-refractivity contribution >= 4 is 23.1 Å². The van der Waals surface area contributed by atoms with Crippen molar-refractivity contribution in [2.45, 2.75) is 32.7 Å². The minimum absolute atomic E-state index is 0.0572. The molecule has 1 atom stereocenters. The molecule has 1 heterocycles. The number of carbonyl (C=O) groups excluding carboxylic acids is 2. The number of halogens is 1. The molecule has 6 heteroatoms. The molecule has 1 amide bonds. The van der Waals surface area contributed by atoms with Crippen LogP contribution in [-0.4, -0.2) is 23.4 Å². The van der Waals surface area contributed by atoms with Gasteiger partial charge in [0.25, 0.3) is 11.7 Å². The molecule has 3 aromatic rings. The third-order valence-corrected chi connectivity index (χ3v) is 5.88. The number of rotatable bonds is 6. The predicted octanol–water partition coefficient (Wildman–Crippen LogP) is 5.97. The van der Waals surface area contributed by atoms with Crippen LogP contribution >= 0.6 is 0 Å². The van der Waals surface area contributed by atoms with Crippen molar-refractivity contribution in [3.63, 3.8) is 0 Å². The van der Waals surface area contributed by atoms with E-state index in [0.29, 0.717) is 29.5 Å². The maximum atomic E-state index is 13.5. The third kappa shape index (κ3) is 4.31. The molecule has 174 valence electrons. The number of hydrogen-bond donors (Lipinski definition) is 1. The van der Waals surface area contributed by atoms with E-state index in [-0.39, 0.29) is 16.9 Å². The molecular weight excluding hydrogens is 433 g/mol. The summed E-state index contributed by atoms with van der Waals surface area (Å²) in [4.78, 5) is 27.9. The monoisotopic (exact) mass is 459 g/mol. The average molecular weight is 460 g/mol. The van der Waals surface area contributed by atoms with E-state index in [0.717, 1.165) is 5.56 Å². The number of Topliss-reactive ketones (excluding diaryl/α,β-unsaturated/α-hetero) is 1. The summed E-state index contributed by atoms with van der Waals surface area (Å²) in [5.41, 5.74) is 2.44. The van der Waals surface area contributed by atoms with Gasteiger partial charge in [-0.25, -0.2) is 4.39 Å². The molecule has 0 bridgehead atoms. The second-order valence-electron chi connectivity index (χ2n) is 8.43. The molecule has 1 unspecified atom stereocenters. The molecule has 1 fully saturated rings. The van der Waals surface area contributed by atoms with Crippen molar-refractivity contribution in [3.05, 3.63) is 101 Å². The Balaban J connectivity index is 1.91. The van der Waals surface area contributed by atoms with Crippen molar-refractivity contribution in [2.24, 2.45) is 0 Å². The number of aliphatic hydroxyl groups is 1. The number of carbonyl (C=O) groups is 2. The van der Waals surface area contributed by atoms with Crippen LogP contribution < -0.4 is 9.64 Å². The first-order valence-electron chi connectivity index (χ1n) is 11.2. The van der Waals surface area contributed by atoms with Crippen LogP contribution in [0.15, 0.2) is 78.4 Å². The second-order valence-corrected chi connectivity index (χ2v) is 8.43. The zero-order chi connectivity index (χ0) is 24.4. The lowest BCUT2D eigenvalue weighted by molar-refractivity contribution is -0.132. The van der Waals surface area contributed by atoms with E-state index in [2.05, 4.69) is 13.8 Å². The Kier molecular flexibility index (Phi) is 6.50. The van der Waals surface area contributed by atoms with Crippen molar-refractivity contribution in [2.75, 3.05) is 11.5 Å². The van der Waals surface area contributed by atoms with Gasteiger partial charge in [-0.1, -0.05) is 38.1 Å². The fraction of sp³-hybridized carbons (Fsp3) is 0.214. The topological polar surface area (TPSA) is 66.8 Å². The summed E-state index contributed by atoms with van der Waals surface area (Å²) < 4.78 is 19.1. The van der Waals surface area contributed by atoms with E-state index in [4.69, 9.17) is 4.74 Å². The van der Waals surface area contributed by atoms with Crippen LogP contribution in [0.25, 0.3) is 5.76 Å². The van der Waals surface area contributed by atoms with Gasteiger partial charge in [-0.2, -0.15) is 0 Å². The van der Waals surface area contributed by atoms with Gasteiger partial charge in [-0.05, 0) is 72.5 Å². The van der Waals surface area contributed by atoms with Crippen molar-refractivity contribution in [1.29, 1.82) is 0 Å². The van der Waals surface area contributed by atoms with Crippen molar-refractivity contribution < 1.29 is 23.8 Å². The maximum Gasteiger partial charge on any atom is 0.300 e. The minimum atomic E-state index is -0.879. The maximum absolute atomic E-state index is 13.5. The molecule has 1 N–H and O–H groups in total. The number of anilines is 1. The molecule has 0 saturated carbocycles. The molecule has 34 heavy (non-hydrogen) atoms. The molecular formula is C28H26FNO4. The van der Waals surface area contributed by atoms with Crippen LogP contribution in [0, 0.1) is 5.82 Å². The number of amides is 1. The minimum Gasteiger partial charge on any atom is -0.507 e. The first kappa shape index (κ1) is 23.2. The molecule has 1 aliphatic heterocycles. The smallest absolute Gasteiger partial charge is 0.300 e. The summed E-state index contributed by atoms with van der Waals surface area (Å²) in [5, 5.41) is 11.1. The SMILES string of the molecule is CCOc1cccc(C2/C(=C(/O)c3ccc(F)cc3)C(=O)C(=O)N2c2ccc(C(C)C)cc2)c1. The average Bonchev–Trinajstić information content (AvgIpc) is 3.10. The molecule has 0 spiro atoms. The van der Waals surface area contributed by atoms with Gasteiger partial charge >= 0.3 is 0 Å². The third-order valence-electron chi connectivity index (χ3n) is 5.88. The van der Waals surface area contributed by atoms with Gasteiger partial charge in [0.05, 0.1) is 18.2 Å². The number of benzene rings is 3. The van der Waals surface area contributed by atoms with Gasteiger partial charge < -0.3 is 9.84 Å². The Morgan fingerprint density at radius 2 is 1.71 bits per heavy atom. The van der Waals surface area contributed by atoms with Crippen LogP contribution in [-0.2, 0) is 9.59 Å². The number of nitrogens with zero attached hydrogens (tertiary/aromatic N) is 1. The first-order valence-corrected chi connectivity index (χ1v) is 11.2. The molecule has 5 nitrogen and oxygen atoms in total. The fourth-order valence-electron chi connectivity index (χ4n) is 4.14. The standard InChI is InChI=1S/C28H26FNO4/c1-4-34-23-7-5-6-20(16-23)25-24(26(31)19-8-12-21(29)13-9-19)27(32)28(33)30(25)22-14-10-18(11-15-22)17(2)3/h5-17,25,31H,4H2,1-3H3/b26-24-.